The van der Waals surface area contributed by atoms with Crippen LogP contribution in [-0.4, -0.2) is 48.0 Å². The summed E-state index contributed by atoms with van der Waals surface area (Å²) in [7, 11) is 0. The Hall–Kier alpha value is -4.99. The first kappa shape index (κ1) is 29.5. The first-order valence-electron chi connectivity index (χ1n) is 14.4. The number of hydrogen-bond acceptors (Lipinski definition) is 3. The van der Waals surface area contributed by atoms with Crippen molar-refractivity contribution in [2.24, 2.45) is 5.73 Å². The molecule has 0 spiro atoms. The Labute approximate surface area is 247 Å². The van der Waals surface area contributed by atoms with E-state index in [9.17, 15) is 24.6 Å². The highest BCUT2D eigenvalue weighted by Gasteiger charge is 2.23. The molecule has 0 atom stereocenters. The van der Waals surface area contributed by atoms with Gasteiger partial charge in [0.15, 0.2) is 0 Å². The number of rotatable bonds is 7. The summed E-state index contributed by atoms with van der Waals surface area (Å²) in [5, 5.41) is 22.4. The number of primary amides is 1. The topological polar surface area (TPSA) is 181 Å². The number of fused-ring (bicyclic) bond motifs is 8. The van der Waals surface area contributed by atoms with Crippen LogP contribution in [0.5, 0.6) is 0 Å². The summed E-state index contributed by atoms with van der Waals surface area (Å²) in [5.41, 5.74) is 15.0. The van der Waals surface area contributed by atoms with Crippen LogP contribution in [0.4, 0.5) is 0 Å². The fraction of sp³-hybridized carbons (Fsp3) is 0.303. The number of aromatic nitrogens is 4. The quantitative estimate of drug-likeness (QED) is 0.174. The second-order valence-corrected chi connectivity index (χ2v) is 11.1. The molecule has 0 fully saturated rings. The standard InChI is InChI=1S/C33H37N5O5/c1-7-18-16(5)30-29(32(34)41)31-19(8-2)14(3)22(37-31)11-21-15(4)20(9-10-27(39)40)25(35-21)13-26-28(33(42)43)17(6)23(36-26)12-24(18)38-30/h11-13,35-38H,7-10H2,1-6H3,(H2,34,41)(H,39,40)(H,42,43). The van der Waals surface area contributed by atoms with Crippen LogP contribution in [0.3, 0.4) is 0 Å². The first-order valence-corrected chi connectivity index (χ1v) is 14.4. The van der Waals surface area contributed by atoms with Crippen molar-refractivity contribution in [3.63, 3.8) is 0 Å². The van der Waals surface area contributed by atoms with E-state index < -0.39 is 17.8 Å². The summed E-state index contributed by atoms with van der Waals surface area (Å²) in [5.74, 6) is -2.57. The van der Waals surface area contributed by atoms with Gasteiger partial charge in [0.05, 0.1) is 27.9 Å². The molecule has 4 aromatic heterocycles. The molecular formula is C33H37N5O5. The van der Waals surface area contributed by atoms with E-state index in [1.54, 1.807) is 13.0 Å². The number of carboxylic acid groups (broad SMARTS) is 2. The molecule has 0 saturated heterocycles. The maximum absolute atomic E-state index is 13.1. The second kappa shape index (κ2) is 11.0. The molecule has 8 bridgehead atoms. The molecule has 224 valence electrons. The molecule has 1 aliphatic rings. The van der Waals surface area contributed by atoms with Crippen LogP contribution < -0.4 is 27.1 Å². The monoisotopic (exact) mass is 583 g/mol. The highest BCUT2D eigenvalue weighted by molar-refractivity contribution is 6.18. The number of carbonyl (C=O) groups excluding carboxylic acids is 1. The highest BCUT2D eigenvalue weighted by atomic mass is 16.4. The van der Waals surface area contributed by atoms with Crippen molar-refractivity contribution in [2.45, 2.75) is 67.2 Å². The molecule has 0 aliphatic carbocycles. The van der Waals surface area contributed by atoms with E-state index in [4.69, 9.17) is 5.73 Å². The van der Waals surface area contributed by atoms with Crippen LogP contribution in [-0.2, 0) is 28.9 Å². The number of carboxylic acids is 2. The van der Waals surface area contributed by atoms with Crippen molar-refractivity contribution >= 4 is 41.6 Å². The van der Waals surface area contributed by atoms with Gasteiger partial charge in [-0.25, -0.2) is 4.79 Å². The summed E-state index contributed by atoms with van der Waals surface area (Å²) < 4.78 is 0. The average molecular weight is 584 g/mol. The maximum atomic E-state index is 13.1. The normalized spacial score (nSPS) is 12.5. The Morgan fingerprint density at radius 1 is 0.698 bits per heavy atom. The molecule has 10 heteroatoms. The van der Waals surface area contributed by atoms with Gasteiger partial charge in [0.1, 0.15) is 0 Å². The Bertz CT molecular complexity index is 2080. The minimum Gasteiger partial charge on any atom is -0.481 e. The number of hydrogen-bond donors (Lipinski definition) is 7. The van der Waals surface area contributed by atoms with Gasteiger partial charge in [-0.2, -0.15) is 0 Å². The molecule has 8 N–H and O–H groups in total. The lowest BCUT2D eigenvalue weighted by Crippen LogP contribution is -2.26. The number of amides is 1. The SMILES string of the molecule is CCc1c2[nH]c(c1C)C=c1[nH]c(c(CCC(=O)O)c1C)=Cc1[nH]c(c(C)c1C(=O)O)C=c1[nH]c(c(C)c1CC)=C2C(N)=O. The zero-order valence-electron chi connectivity index (χ0n) is 25.3. The van der Waals surface area contributed by atoms with Crippen molar-refractivity contribution in [1.82, 2.24) is 19.9 Å². The molecule has 43 heavy (non-hydrogen) atoms. The van der Waals surface area contributed by atoms with Crippen LogP contribution in [0.2, 0.25) is 0 Å². The van der Waals surface area contributed by atoms with Crippen molar-refractivity contribution in [1.29, 1.82) is 0 Å². The lowest BCUT2D eigenvalue weighted by atomic mass is 10.00. The van der Waals surface area contributed by atoms with E-state index in [0.29, 0.717) is 51.8 Å². The predicted molar refractivity (Wildman–Crippen MR) is 165 cm³/mol. The number of aromatic carboxylic acids is 1. The van der Waals surface area contributed by atoms with E-state index in [0.717, 1.165) is 49.8 Å². The van der Waals surface area contributed by atoms with Gasteiger partial charge in [-0.05, 0) is 104 Å². The van der Waals surface area contributed by atoms with Crippen LogP contribution >= 0.6 is 0 Å². The molecule has 10 nitrogen and oxygen atoms in total. The number of aliphatic carboxylic acids is 1. The number of H-pyrrole nitrogens is 4. The Kier molecular flexibility index (Phi) is 7.56. The smallest absolute Gasteiger partial charge is 0.338 e. The van der Waals surface area contributed by atoms with E-state index in [1.807, 2.05) is 46.8 Å². The van der Waals surface area contributed by atoms with E-state index in [1.165, 1.54) is 0 Å². The molecule has 0 saturated carbocycles. The largest absolute Gasteiger partial charge is 0.481 e. The molecule has 0 radical (unpaired) electrons. The van der Waals surface area contributed by atoms with Crippen molar-refractivity contribution in [2.75, 3.05) is 0 Å². The fourth-order valence-electron chi connectivity index (χ4n) is 6.41. The molecule has 1 amide bonds. The van der Waals surface area contributed by atoms with Gasteiger partial charge in [-0.1, -0.05) is 13.8 Å². The third-order valence-corrected chi connectivity index (χ3v) is 8.72. The summed E-state index contributed by atoms with van der Waals surface area (Å²) in [6.07, 6.45) is 7.08. The Morgan fingerprint density at radius 2 is 1.30 bits per heavy atom. The number of nitrogens with two attached hydrogens (primary N) is 1. The summed E-state index contributed by atoms with van der Waals surface area (Å²) >= 11 is 0. The third kappa shape index (κ3) is 4.92. The van der Waals surface area contributed by atoms with Gasteiger partial charge < -0.3 is 35.9 Å². The minimum absolute atomic E-state index is 0.0792. The first-order chi connectivity index (χ1) is 20.4. The van der Waals surface area contributed by atoms with E-state index >= 15 is 0 Å². The zero-order chi connectivity index (χ0) is 31.3. The van der Waals surface area contributed by atoms with Gasteiger partial charge in [0, 0.05) is 33.9 Å². The van der Waals surface area contributed by atoms with E-state index in [-0.39, 0.29) is 18.4 Å². The lowest BCUT2D eigenvalue weighted by Gasteiger charge is -2.05. The van der Waals surface area contributed by atoms with Gasteiger partial charge in [-0.3, -0.25) is 9.59 Å². The molecule has 0 aromatic carbocycles. The average Bonchev–Trinajstić information content (AvgIpc) is 3.60. The van der Waals surface area contributed by atoms with Crippen molar-refractivity contribution < 1.29 is 24.6 Å². The predicted octanol–water partition coefficient (Wildman–Crippen LogP) is 1.56. The molecule has 0 unspecified atom stereocenters. The zero-order valence-corrected chi connectivity index (χ0v) is 25.3. The van der Waals surface area contributed by atoms with Crippen LogP contribution in [0.1, 0.15) is 92.3 Å². The Balaban J connectivity index is 2.02. The molecular weight excluding hydrogens is 546 g/mol. The summed E-state index contributed by atoms with van der Waals surface area (Å²) in [4.78, 5) is 50.8. The molecule has 5 heterocycles. The van der Waals surface area contributed by atoms with Gasteiger partial charge >= 0.3 is 11.9 Å². The molecule has 1 aliphatic heterocycles. The highest BCUT2D eigenvalue weighted by Crippen LogP contribution is 2.25. The number of nitrogens with one attached hydrogen (secondary N) is 4. The van der Waals surface area contributed by atoms with Crippen molar-refractivity contribution in [3.05, 3.63) is 88.7 Å². The second-order valence-electron chi connectivity index (χ2n) is 11.1. The van der Waals surface area contributed by atoms with Gasteiger partial charge in [-0.15, -0.1) is 0 Å². The molecule has 4 aromatic rings. The lowest BCUT2D eigenvalue weighted by molar-refractivity contribution is -0.137. The fourth-order valence-corrected chi connectivity index (χ4v) is 6.41. The van der Waals surface area contributed by atoms with E-state index in [2.05, 4.69) is 19.9 Å². The van der Waals surface area contributed by atoms with Crippen molar-refractivity contribution in [3.8, 4) is 0 Å². The maximum Gasteiger partial charge on any atom is 0.338 e. The number of carbonyl (C=O) groups is 3. The Morgan fingerprint density at radius 3 is 1.91 bits per heavy atom. The summed E-state index contributed by atoms with van der Waals surface area (Å²) in [6, 6.07) is 0. The number of aromatic amines is 4. The third-order valence-electron chi connectivity index (χ3n) is 8.72. The van der Waals surface area contributed by atoms with Crippen LogP contribution in [0, 0.1) is 27.7 Å². The van der Waals surface area contributed by atoms with Crippen LogP contribution in [0.15, 0.2) is 0 Å². The van der Waals surface area contributed by atoms with Gasteiger partial charge in [0.2, 0.25) is 0 Å². The minimum atomic E-state index is -1.08. The van der Waals surface area contributed by atoms with Gasteiger partial charge in [0.25, 0.3) is 5.91 Å². The van der Waals surface area contributed by atoms with Crippen LogP contribution in [0.25, 0.3) is 23.8 Å². The molecule has 5 rings (SSSR count). The summed E-state index contributed by atoms with van der Waals surface area (Å²) in [6.45, 7) is 11.7.